The molecular weight excluding hydrogens is 273 g/mol. The van der Waals surface area contributed by atoms with Crippen LogP contribution in [0.4, 0.5) is 4.79 Å². The summed E-state index contributed by atoms with van der Waals surface area (Å²) in [6.45, 7) is 1.28. The van der Waals surface area contributed by atoms with Gasteiger partial charge in [0, 0.05) is 0 Å². The molecule has 0 aromatic rings. The third-order valence-electron chi connectivity index (χ3n) is 1.04. The molecule has 2 amide bonds. The van der Waals surface area contributed by atoms with Crippen molar-refractivity contribution in [2.45, 2.75) is 0 Å². The number of rotatable bonds is 4. The largest absolute Gasteiger partial charge is 1.00 e. The molecule has 3 N–H and O–H groups in total. The van der Waals surface area contributed by atoms with Crippen LogP contribution in [0.5, 0.6) is 0 Å². The minimum absolute atomic E-state index is 0. The number of likely N-dealkylation sites (N-methyl/N-ethyl adjacent to an activating group) is 1. The maximum absolute atomic E-state index is 10.1. The molecule has 0 aromatic carbocycles. The first-order valence-corrected chi connectivity index (χ1v) is 3.39. The molecule has 0 rings (SSSR count). The summed E-state index contributed by atoms with van der Waals surface area (Å²) in [5, 5.41) is 0. The summed E-state index contributed by atoms with van der Waals surface area (Å²) < 4.78 is 0.792. The topological polar surface area (TPSA) is 64.3 Å². The molecule has 74 valence electrons. The Hall–Kier alpha value is -0.0800. The molecule has 0 aliphatic heterocycles. The highest BCUT2D eigenvalue weighted by Gasteiger charge is 2.05. The molecule has 6 heteroatoms. The standard InChI is InChI=1S/C6H15N3O2.HI/c1-9(2,3)4-5-11-8-6(7)10;/h4-5H2,1-3H3,(H2-,7,8,10);1H. The molecule has 0 aromatic heterocycles. The molecule has 0 fully saturated rings. The van der Waals surface area contributed by atoms with E-state index in [1.807, 2.05) is 26.6 Å². The quantitative estimate of drug-likeness (QED) is 0.242. The minimum atomic E-state index is -0.661. The summed E-state index contributed by atoms with van der Waals surface area (Å²) in [7, 11) is 6.11. The summed E-state index contributed by atoms with van der Waals surface area (Å²) in [5.41, 5.74) is 6.81. The number of nitrogens with two attached hydrogens (primary N) is 1. The Labute approximate surface area is 89.8 Å². The highest BCUT2D eigenvalue weighted by Crippen LogP contribution is 1.87. The van der Waals surface area contributed by atoms with Gasteiger partial charge in [0.25, 0.3) is 0 Å². The molecule has 0 heterocycles. The summed E-state index contributed by atoms with van der Waals surface area (Å²) in [6, 6.07) is -0.661. The lowest BCUT2D eigenvalue weighted by molar-refractivity contribution is -0.870. The molecule has 0 aliphatic carbocycles. The molecule has 0 bridgehead atoms. The van der Waals surface area contributed by atoms with Crippen molar-refractivity contribution in [1.82, 2.24) is 5.48 Å². The Bertz CT molecular complexity index is 135. The highest BCUT2D eigenvalue weighted by molar-refractivity contribution is 5.70. The Morgan fingerprint density at radius 3 is 2.33 bits per heavy atom. The fourth-order valence-electron chi connectivity index (χ4n) is 0.442. The van der Waals surface area contributed by atoms with E-state index in [0.717, 1.165) is 11.0 Å². The van der Waals surface area contributed by atoms with Gasteiger partial charge in [-0.25, -0.2) is 10.3 Å². The first-order valence-electron chi connectivity index (χ1n) is 3.39. The van der Waals surface area contributed by atoms with Crippen LogP contribution in [0.3, 0.4) is 0 Å². The van der Waals surface area contributed by atoms with Crippen LogP contribution in [0.1, 0.15) is 0 Å². The monoisotopic (exact) mass is 289 g/mol. The van der Waals surface area contributed by atoms with Crippen LogP contribution >= 0.6 is 0 Å². The second-order valence-corrected chi connectivity index (χ2v) is 3.33. The van der Waals surface area contributed by atoms with Crippen molar-refractivity contribution in [2.24, 2.45) is 5.73 Å². The van der Waals surface area contributed by atoms with Crippen molar-refractivity contribution in [2.75, 3.05) is 34.3 Å². The first-order chi connectivity index (χ1) is 4.92. The third-order valence-corrected chi connectivity index (χ3v) is 1.04. The van der Waals surface area contributed by atoms with Crippen LogP contribution in [0.2, 0.25) is 0 Å². The van der Waals surface area contributed by atoms with Gasteiger partial charge in [0.15, 0.2) is 0 Å². The normalized spacial score (nSPS) is 10.2. The zero-order valence-corrected chi connectivity index (χ0v) is 9.79. The second-order valence-electron chi connectivity index (χ2n) is 3.33. The Morgan fingerprint density at radius 2 is 2.00 bits per heavy atom. The van der Waals surface area contributed by atoms with Gasteiger partial charge in [0.1, 0.15) is 13.2 Å². The van der Waals surface area contributed by atoms with Crippen molar-refractivity contribution in [3.05, 3.63) is 0 Å². The second kappa shape index (κ2) is 6.44. The molecule has 0 saturated heterocycles. The van der Waals surface area contributed by atoms with E-state index in [4.69, 9.17) is 10.6 Å². The molecule has 0 spiro atoms. The predicted molar refractivity (Wildman–Crippen MR) is 41.6 cm³/mol. The summed E-state index contributed by atoms with van der Waals surface area (Å²) in [5.74, 6) is 0. The number of hydrogen-bond donors (Lipinski definition) is 2. The van der Waals surface area contributed by atoms with Crippen molar-refractivity contribution in [1.29, 1.82) is 0 Å². The number of nitrogens with zero attached hydrogens (tertiary/aromatic N) is 1. The number of hydroxylamine groups is 1. The number of nitrogens with one attached hydrogen (secondary N) is 1. The van der Waals surface area contributed by atoms with Gasteiger partial charge in [-0.3, -0.25) is 4.84 Å². The van der Waals surface area contributed by atoms with E-state index in [-0.39, 0.29) is 24.0 Å². The van der Waals surface area contributed by atoms with Crippen LogP contribution in [-0.4, -0.2) is 44.8 Å². The fourth-order valence-corrected chi connectivity index (χ4v) is 0.442. The van der Waals surface area contributed by atoms with Gasteiger partial charge < -0.3 is 34.2 Å². The first kappa shape index (κ1) is 14.4. The fraction of sp³-hybridized carbons (Fsp3) is 0.833. The maximum Gasteiger partial charge on any atom is 0.336 e. The van der Waals surface area contributed by atoms with Crippen molar-refractivity contribution in [3.63, 3.8) is 0 Å². The lowest BCUT2D eigenvalue weighted by Crippen LogP contribution is -3.00. The minimum Gasteiger partial charge on any atom is -1.00 e. The van der Waals surface area contributed by atoms with E-state index in [2.05, 4.69) is 0 Å². The van der Waals surface area contributed by atoms with Gasteiger partial charge in [-0.05, 0) is 0 Å². The molecule has 0 atom stereocenters. The number of amides is 2. The van der Waals surface area contributed by atoms with E-state index in [1.165, 1.54) is 0 Å². The van der Waals surface area contributed by atoms with Crippen LogP contribution in [-0.2, 0) is 4.84 Å². The molecule has 0 saturated carbocycles. The van der Waals surface area contributed by atoms with Crippen LogP contribution in [0.15, 0.2) is 0 Å². The highest BCUT2D eigenvalue weighted by atomic mass is 127. The van der Waals surface area contributed by atoms with E-state index in [9.17, 15) is 4.79 Å². The van der Waals surface area contributed by atoms with Gasteiger partial charge in [-0.15, -0.1) is 0 Å². The average molecular weight is 289 g/mol. The van der Waals surface area contributed by atoms with Gasteiger partial charge in [-0.2, -0.15) is 0 Å². The summed E-state index contributed by atoms with van der Waals surface area (Å²) in [4.78, 5) is 14.8. The molecular formula is C6H16IN3O2. The average Bonchev–Trinajstić information content (AvgIpc) is 1.78. The molecule has 0 aliphatic rings. The van der Waals surface area contributed by atoms with Crippen LogP contribution in [0.25, 0.3) is 0 Å². The van der Waals surface area contributed by atoms with Crippen LogP contribution < -0.4 is 35.2 Å². The maximum atomic E-state index is 10.1. The van der Waals surface area contributed by atoms with Crippen molar-refractivity contribution < 1.29 is 38.1 Å². The smallest absolute Gasteiger partial charge is 0.336 e. The number of urea groups is 1. The van der Waals surface area contributed by atoms with Gasteiger partial charge in [-0.1, -0.05) is 0 Å². The lowest BCUT2D eigenvalue weighted by atomic mass is 10.5. The number of hydrogen-bond acceptors (Lipinski definition) is 2. The van der Waals surface area contributed by atoms with Gasteiger partial charge >= 0.3 is 6.03 Å². The Morgan fingerprint density at radius 1 is 1.50 bits per heavy atom. The van der Waals surface area contributed by atoms with E-state index >= 15 is 0 Å². The molecule has 0 radical (unpaired) electrons. The number of carbonyl (C=O) groups is 1. The van der Waals surface area contributed by atoms with E-state index in [0.29, 0.717) is 6.61 Å². The summed E-state index contributed by atoms with van der Waals surface area (Å²) >= 11 is 0. The number of primary amides is 1. The zero-order valence-electron chi connectivity index (χ0n) is 7.63. The van der Waals surface area contributed by atoms with Gasteiger partial charge in [0.05, 0.1) is 21.1 Å². The number of carbonyl (C=O) groups excluding carboxylic acids is 1. The predicted octanol–water partition coefficient (Wildman–Crippen LogP) is -3.70. The molecule has 12 heavy (non-hydrogen) atoms. The number of halogens is 1. The third kappa shape index (κ3) is 12.6. The molecule has 5 nitrogen and oxygen atoms in total. The van der Waals surface area contributed by atoms with Crippen LogP contribution in [0, 0.1) is 0 Å². The zero-order chi connectivity index (χ0) is 8.91. The van der Waals surface area contributed by atoms with E-state index < -0.39 is 6.03 Å². The lowest BCUT2D eigenvalue weighted by Gasteiger charge is -2.23. The Kier molecular flexibility index (Phi) is 7.75. The Balaban J connectivity index is 0. The van der Waals surface area contributed by atoms with E-state index in [1.54, 1.807) is 0 Å². The SMILES string of the molecule is C[N+](C)(C)CCONC(N)=O.[I-]. The van der Waals surface area contributed by atoms with Crippen molar-refractivity contribution in [3.8, 4) is 0 Å². The van der Waals surface area contributed by atoms with Crippen molar-refractivity contribution >= 4 is 6.03 Å². The number of quaternary nitrogens is 1. The van der Waals surface area contributed by atoms with Gasteiger partial charge in [0.2, 0.25) is 0 Å². The summed E-state index contributed by atoms with van der Waals surface area (Å²) in [6.07, 6.45) is 0. The molecule has 0 unspecified atom stereocenters.